The van der Waals surface area contributed by atoms with Gasteiger partial charge in [0, 0.05) is 44.7 Å². The molecular weight excluding hydrogens is 609 g/mol. The van der Waals surface area contributed by atoms with Crippen LogP contribution in [0, 0.1) is 42.9 Å². The normalized spacial score (nSPS) is 10.4. The fourth-order valence-electron chi connectivity index (χ4n) is 4.10. The molecule has 0 bridgehead atoms. The van der Waals surface area contributed by atoms with Gasteiger partial charge >= 0.3 is 0 Å². The van der Waals surface area contributed by atoms with Crippen molar-refractivity contribution in [2.75, 3.05) is 0 Å². The molecule has 6 rings (SSSR count). The van der Waals surface area contributed by atoms with Crippen LogP contribution in [0.1, 0.15) is 22.8 Å². The molecule has 0 fully saturated rings. The Bertz CT molecular complexity index is 1590. The first-order valence-electron chi connectivity index (χ1n) is 12.3. The summed E-state index contributed by atoms with van der Waals surface area (Å²) >= 11 is 1.95. The average Bonchev–Trinajstić information content (AvgIpc) is 3.72. The second-order valence-electron chi connectivity index (χ2n) is 8.83. The van der Waals surface area contributed by atoms with E-state index in [1.807, 2.05) is 71.3 Å². The number of hydrogen-bond acceptors (Lipinski definition) is 2. The average molecular weight is 639 g/mol. The van der Waals surface area contributed by atoms with Crippen LogP contribution >= 0.6 is 22.6 Å². The largest absolute Gasteiger partial charge is 0.304 e. The second-order valence-corrected chi connectivity index (χ2v) is 9.99. The van der Waals surface area contributed by atoms with Crippen LogP contribution in [0.4, 0.5) is 8.78 Å². The smallest absolute Gasteiger partial charge is 0.159 e. The van der Waals surface area contributed by atoms with E-state index in [1.165, 1.54) is 23.5 Å². The minimum Gasteiger partial charge on any atom is -0.304 e. The summed E-state index contributed by atoms with van der Waals surface area (Å²) in [5.74, 6) is 1.39. The van der Waals surface area contributed by atoms with E-state index in [-0.39, 0.29) is 11.6 Å². The van der Waals surface area contributed by atoms with Gasteiger partial charge < -0.3 is 9.13 Å². The topological polar surface area (TPSA) is 56.4 Å². The summed E-state index contributed by atoms with van der Waals surface area (Å²) in [6.45, 7) is 8.20. The number of benzene rings is 2. The second kappa shape index (κ2) is 12.7. The first-order valence-corrected chi connectivity index (χ1v) is 13.3. The van der Waals surface area contributed by atoms with Gasteiger partial charge in [0.15, 0.2) is 5.82 Å². The SMILES string of the molecule is Cc1ccc(C)n1-c1ccn(-c2ccccc2F)n1.Cc1ccc(C)n1-c1ccn[nH]1.Fc1ccccc1I. The van der Waals surface area contributed by atoms with Gasteiger partial charge in [-0.1, -0.05) is 24.3 Å². The zero-order chi connectivity index (χ0) is 27.9. The zero-order valence-electron chi connectivity index (χ0n) is 22.1. The third-order valence-corrected chi connectivity index (χ3v) is 6.87. The number of halogens is 3. The Balaban J connectivity index is 0.000000150. The highest BCUT2D eigenvalue weighted by molar-refractivity contribution is 14.1. The van der Waals surface area contributed by atoms with Crippen molar-refractivity contribution in [1.82, 2.24) is 29.1 Å². The molecule has 1 N–H and O–H groups in total. The van der Waals surface area contributed by atoms with E-state index < -0.39 is 0 Å². The predicted octanol–water partition coefficient (Wildman–Crippen LogP) is 7.67. The Hall–Kier alpha value is -3.99. The molecule has 2 aromatic carbocycles. The van der Waals surface area contributed by atoms with Crippen molar-refractivity contribution < 1.29 is 8.78 Å². The molecule has 0 radical (unpaired) electrons. The third kappa shape index (κ3) is 6.72. The number of aromatic nitrogens is 6. The van der Waals surface area contributed by atoms with Gasteiger partial charge in [-0.3, -0.25) is 5.10 Å². The zero-order valence-corrected chi connectivity index (χ0v) is 24.3. The number of rotatable bonds is 3. The molecule has 0 amide bonds. The van der Waals surface area contributed by atoms with Crippen molar-refractivity contribution in [2.45, 2.75) is 27.7 Å². The monoisotopic (exact) mass is 638 g/mol. The van der Waals surface area contributed by atoms with Crippen LogP contribution in [0.25, 0.3) is 17.3 Å². The Morgan fingerprint density at radius 1 is 0.667 bits per heavy atom. The quantitative estimate of drug-likeness (QED) is 0.203. The molecule has 0 saturated carbocycles. The number of nitrogens with zero attached hydrogens (tertiary/aromatic N) is 5. The van der Waals surface area contributed by atoms with Crippen LogP contribution in [0.5, 0.6) is 0 Å². The molecule has 0 aliphatic carbocycles. The highest BCUT2D eigenvalue weighted by Gasteiger charge is 2.09. The summed E-state index contributed by atoms with van der Waals surface area (Å²) in [5, 5.41) is 11.3. The van der Waals surface area contributed by atoms with Gasteiger partial charge in [0.25, 0.3) is 0 Å². The summed E-state index contributed by atoms with van der Waals surface area (Å²) in [7, 11) is 0. The summed E-state index contributed by atoms with van der Waals surface area (Å²) in [5.41, 5.74) is 5.11. The van der Waals surface area contributed by atoms with E-state index in [0.717, 1.165) is 23.0 Å². The van der Waals surface area contributed by atoms with Crippen molar-refractivity contribution in [1.29, 1.82) is 0 Å². The Morgan fingerprint density at radius 2 is 1.23 bits per heavy atom. The molecule has 0 spiro atoms. The molecule has 4 aromatic heterocycles. The highest BCUT2D eigenvalue weighted by Crippen LogP contribution is 2.17. The van der Waals surface area contributed by atoms with Gasteiger partial charge in [-0.05, 0) is 98.8 Å². The number of aromatic amines is 1. The molecule has 4 heterocycles. The van der Waals surface area contributed by atoms with E-state index >= 15 is 0 Å². The van der Waals surface area contributed by atoms with Gasteiger partial charge in [0.05, 0.1) is 6.20 Å². The molecule has 0 aliphatic rings. The van der Waals surface area contributed by atoms with Crippen molar-refractivity contribution in [3.05, 3.63) is 135 Å². The first kappa shape index (κ1) is 28.0. The standard InChI is InChI=1S/C15H14FN3.C9H11N3.C6H4FI/c1-11-7-8-12(2)19(11)15-9-10-18(17-15)14-6-4-3-5-13(14)16;1-7-3-4-8(2)12(7)9-5-6-10-11-9;7-5-3-1-2-4-6(5)8/h3-10H,1-2H3;3-6H,1-2H3,(H,10,11);1-4H. The number of hydrogen-bond donors (Lipinski definition) is 1. The Labute approximate surface area is 240 Å². The van der Waals surface area contributed by atoms with Crippen LogP contribution in [0.15, 0.2) is 97.3 Å². The van der Waals surface area contributed by atoms with Gasteiger partial charge in [0.2, 0.25) is 0 Å². The van der Waals surface area contributed by atoms with Crippen LogP contribution in [-0.4, -0.2) is 29.1 Å². The minimum absolute atomic E-state index is 0.145. The fraction of sp³-hybridized carbons (Fsp3) is 0.133. The van der Waals surface area contributed by atoms with E-state index in [1.54, 1.807) is 47.4 Å². The number of aryl methyl sites for hydroxylation is 4. The number of H-pyrrole nitrogens is 1. The van der Waals surface area contributed by atoms with Gasteiger partial charge in [-0.25, -0.2) is 13.5 Å². The Kier molecular flexibility index (Phi) is 9.13. The van der Waals surface area contributed by atoms with Crippen molar-refractivity contribution >= 4 is 22.6 Å². The summed E-state index contributed by atoms with van der Waals surface area (Å²) in [4.78, 5) is 0. The molecule has 0 atom stereocenters. The van der Waals surface area contributed by atoms with Crippen molar-refractivity contribution in [2.24, 2.45) is 0 Å². The predicted molar refractivity (Wildman–Crippen MR) is 159 cm³/mol. The molecule has 39 heavy (non-hydrogen) atoms. The molecule has 0 saturated heterocycles. The maximum Gasteiger partial charge on any atom is 0.159 e. The number of nitrogens with one attached hydrogen (secondary N) is 1. The molecule has 200 valence electrons. The van der Waals surface area contributed by atoms with Gasteiger partial charge in [-0.15, -0.1) is 5.10 Å². The molecule has 6 nitrogen and oxygen atoms in total. The fourth-order valence-corrected chi connectivity index (χ4v) is 4.48. The first-order chi connectivity index (χ1) is 18.8. The van der Waals surface area contributed by atoms with Crippen LogP contribution < -0.4 is 0 Å². The lowest BCUT2D eigenvalue weighted by molar-refractivity contribution is 0.610. The number of para-hydroxylation sites is 1. The highest BCUT2D eigenvalue weighted by atomic mass is 127. The summed E-state index contributed by atoms with van der Waals surface area (Å²) in [6.07, 6.45) is 3.53. The Morgan fingerprint density at radius 3 is 1.74 bits per heavy atom. The molecule has 0 unspecified atom stereocenters. The minimum atomic E-state index is -0.280. The lowest BCUT2D eigenvalue weighted by Crippen LogP contribution is -2.03. The third-order valence-electron chi connectivity index (χ3n) is 6.00. The van der Waals surface area contributed by atoms with Crippen molar-refractivity contribution in [3.63, 3.8) is 0 Å². The molecule has 6 aromatic rings. The summed E-state index contributed by atoms with van der Waals surface area (Å²) < 4.78 is 32.4. The van der Waals surface area contributed by atoms with Crippen molar-refractivity contribution in [3.8, 4) is 17.3 Å². The van der Waals surface area contributed by atoms with E-state index in [9.17, 15) is 8.78 Å². The van der Waals surface area contributed by atoms with E-state index in [2.05, 4.69) is 45.8 Å². The lowest BCUT2D eigenvalue weighted by Gasteiger charge is -2.05. The maximum absolute atomic E-state index is 13.7. The van der Waals surface area contributed by atoms with Crippen LogP contribution in [-0.2, 0) is 0 Å². The van der Waals surface area contributed by atoms with E-state index in [0.29, 0.717) is 9.26 Å². The molecule has 0 aliphatic heterocycles. The van der Waals surface area contributed by atoms with Gasteiger partial charge in [-0.2, -0.15) is 5.10 Å². The lowest BCUT2D eigenvalue weighted by atomic mass is 10.3. The molecular formula is C30H29F2IN6. The van der Waals surface area contributed by atoms with E-state index in [4.69, 9.17) is 0 Å². The summed E-state index contributed by atoms with van der Waals surface area (Å²) in [6, 6.07) is 25.4. The van der Waals surface area contributed by atoms with Gasteiger partial charge in [0.1, 0.15) is 23.1 Å². The maximum atomic E-state index is 13.7. The van der Waals surface area contributed by atoms with Crippen LogP contribution in [0.2, 0.25) is 0 Å². The van der Waals surface area contributed by atoms with Crippen LogP contribution in [0.3, 0.4) is 0 Å². The molecule has 9 heteroatoms.